The zero-order chi connectivity index (χ0) is 9.30. The molecule has 1 aromatic rings. The van der Waals surface area contributed by atoms with Crippen molar-refractivity contribution in [2.75, 3.05) is 11.5 Å². The van der Waals surface area contributed by atoms with Gasteiger partial charge in [-0.1, -0.05) is 11.6 Å². The van der Waals surface area contributed by atoms with Crippen molar-refractivity contribution in [1.29, 1.82) is 0 Å². The smallest absolute Gasteiger partial charge is 0.295 e. The molecule has 0 spiro atoms. The summed E-state index contributed by atoms with van der Waals surface area (Å²) >= 11 is 5.53. The van der Waals surface area contributed by atoms with Crippen molar-refractivity contribution in [1.82, 2.24) is 0 Å². The van der Waals surface area contributed by atoms with E-state index in [4.69, 9.17) is 23.1 Å². The molecule has 0 aromatic heterocycles. The molecule has 4 N–H and O–H groups in total. The summed E-state index contributed by atoms with van der Waals surface area (Å²) in [6.07, 6.45) is 0. The highest BCUT2D eigenvalue weighted by Crippen LogP contribution is 2.30. The van der Waals surface area contributed by atoms with Crippen molar-refractivity contribution in [3.05, 3.63) is 27.3 Å². The monoisotopic (exact) mass is 187 g/mol. The molecule has 12 heavy (non-hydrogen) atoms. The van der Waals surface area contributed by atoms with Crippen molar-refractivity contribution in [2.45, 2.75) is 0 Å². The first-order chi connectivity index (χ1) is 5.52. The van der Waals surface area contributed by atoms with Crippen molar-refractivity contribution in [3.63, 3.8) is 0 Å². The van der Waals surface area contributed by atoms with E-state index in [0.717, 1.165) is 6.07 Å². The Hall–Kier alpha value is -1.49. The van der Waals surface area contributed by atoms with Crippen LogP contribution in [0.4, 0.5) is 17.1 Å². The summed E-state index contributed by atoms with van der Waals surface area (Å²) in [4.78, 5) is 9.71. The quantitative estimate of drug-likeness (QED) is 0.395. The summed E-state index contributed by atoms with van der Waals surface area (Å²) in [6, 6.07) is 2.52. The zero-order valence-corrected chi connectivity index (χ0v) is 6.71. The van der Waals surface area contributed by atoms with Crippen molar-refractivity contribution in [2.24, 2.45) is 0 Å². The second-order valence-electron chi connectivity index (χ2n) is 2.18. The van der Waals surface area contributed by atoms with Gasteiger partial charge >= 0.3 is 0 Å². The fourth-order valence-corrected chi connectivity index (χ4v) is 0.996. The van der Waals surface area contributed by atoms with Crippen LogP contribution in [0.1, 0.15) is 0 Å². The minimum absolute atomic E-state index is 0.0515. The summed E-state index contributed by atoms with van der Waals surface area (Å²) in [6.45, 7) is 0. The molecule has 1 rings (SSSR count). The van der Waals surface area contributed by atoms with E-state index in [9.17, 15) is 10.1 Å². The molecule has 0 aliphatic carbocycles. The maximum Gasteiger partial charge on any atom is 0.295 e. The number of halogens is 1. The second-order valence-corrected chi connectivity index (χ2v) is 2.62. The van der Waals surface area contributed by atoms with Crippen LogP contribution < -0.4 is 11.5 Å². The van der Waals surface area contributed by atoms with Gasteiger partial charge in [-0.2, -0.15) is 0 Å². The van der Waals surface area contributed by atoms with Crippen LogP contribution in [-0.2, 0) is 0 Å². The summed E-state index contributed by atoms with van der Waals surface area (Å²) < 4.78 is 0. The fraction of sp³-hybridized carbons (Fsp3) is 0. The van der Waals surface area contributed by atoms with Gasteiger partial charge in [-0.05, 0) is 6.07 Å². The van der Waals surface area contributed by atoms with E-state index in [1.165, 1.54) is 6.07 Å². The third-order valence-corrected chi connectivity index (χ3v) is 1.57. The molecule has 6 heteroatoms. The van der Waals surface area contributed by atoms with E-state index in [1.807, 2.05) is 0 Å². The van der Waals surface area contributed by atoms with Gasteiger partial charge in [-0.25, -0.2) is 0 Å². The van der Waals surface area contributed by atoms with Crippen LogP contribution in [0.15, 0.2) is 12.1 Å². The third-order valence-electron chi connectivity index (χ3n) is 1.35. The molecule has 0 fully saturated rings. The Balaban J connectivity index is 3.37. The van der Waals surface area contributed by atoms with Crippen LogP contribution in [0.5, 0.6) is 0 Å². The summed E-state index contributed by atoms with van der Waals surface area (Å²) in [5, 5.41) is 10.5. The molecular formula is C6H6ClN3O2. The Labute approximate surface area is 73.1 Å². The minimum atomic E-state index is -0.627. The largest absolute Gasteiger partial charge is 0.397 e. The van der Waals surface area contributed by atoms with Gasteiger partial charge in [-0.3, -0.25) is 10.1 Å². The number of nitro groups is 1. The van der Waals surface area contributed by atoms with Crippen molar-refractivity contribution < 1.29 is 4.92 Å². The summed E-state index contributed by atoms with van der Waals surface area (Å²) in [7, 11) is 0. The molecular weight excluding hydrogens is 182 g/mol. The molecule has 0 saturated heterocycles. The molecule has 64 valence electrons. The Bertz CT molecular complexity index is 340. The van der Waals surface area contributed by atoms with Gasteiger partial charge in [0.15, 0.2) is 0 Å². The predicted molar refractivity (Wildman–Crippen MR) is 46.9 cm³/mol. The molecule has 0 bridgehead atoms. The number of nitrogens with two attached hydrogens (primary N) is 2. The van der Waals surface area contributed by atoms with Gasteiger partial charge in [0.25, 0.3) is 5.69 Å². The van der Waals surface area contributed by atoms with E-state index < -0.39 is 4.92 Å². The van der Waals surface area contributed by atoms with Crippen molar-refractivity contribution in [3.8, 4) is 0 Å². The molecule has 0 aliphatic rings. The highest BCUT2D eigenvalue weighted by atomic mass is 35.5. The molecule has 5 nitrogen and oxygen atoms in total. The number of anilines is 2. The van der Waals surface area contributed by atoms with Gasteiger partial charge in [-0.15, -0.1) is 0 Å². The number of hydrogen-bond acceptors (Lipinski definition) is 4. The van der Waals surface area contributed by atoms with Crippen molar-refractivity contribution >= 4 is 28.7 Å². The highest BCUT2D eigenvalue weighted by molar-refractivity contribution is 6.31. The maximum absolute atomic E-state index is 10.3. The Morgan fingerprint density at radius 1 is 1.42 bits per heavy atom. The van der Waals surface area contributed by atoms with Crippen LogP contribution in [0.2, 0.25) is 5.02 Å². The number of benzene rings is 1. The van der Waals surface area contributed by atoms with E-state index in [1.54, 1.807) is 0 Å². The third kappa shape index (κ3) is 1.40. The highest BCUT2D eigenvalue weighted by Gasteiger charge is 2.14. The number of rotatable bonds is 1. The molecule has 0 saturated carbocycles. The molecule has 0 unspecified atom stereocenters. The molecule has 0 radical (unpaired) electrons. The minimum Gasteiger partial charge on any atom is -0.397 e. The Morgan fingerprint density at radius 3 is 2.50 bits per heavy atom. The molecule has 0 aliphatic heterocycles. The van der Waals surface area contributed by atoms with Gasteiger partial charge in [0.2, 0.25) is 0 Å². The van der Waals surface area contributed by atoms with E-state index in [2.05, 4.69) is 0 Å². The SMILES string of the molecule is Nc1cc(Cl)cc([N+](=O)[O-])c1N. The first kappa shape index (κ1) is 8.61. The average molecular weight is 188 g/mol. The average Bonchev–Trinajstić information content (AvgIpc) is 1.96. The van der Waals surface area contributed by atoms with E-state index in [0.29, 0.717) is 0 Å². The second kappa shape index (κ2) is 2.86. The topological polar surface area (TPSA) is 95.2 Å². The molecule has 1 aromatic carbocycles. The molecule has 0 amide bonds. The lowest BCUT2D eigenvalue weighted by atomic mass is 10.2. The lowest BCUT2D eigenvalue weighted by Crippen LogP contribution is -2.00. The van der Waals surface area contributed by atoms with Crippen LogP contribution in [0.25, 0.3) is 0 Å². The first-order valence-electron chi connectivity index (χ1n) is 3.01. The van der Waals surface area contributed by atoms with Gasteiger partial charge < -0.3 is 11.5 Å². The van der Waals surface area contributed by atoms with Crippen LogP contribution in [0, 0.1) is 10.1 Å². The summed E-state index contributed by atoms with van der Waals surface area (Å²) in [5.41, 5.74) is 10.5. The molecule has 0 heterocycles. The fourth-order valence-electron chi connectivity index (χ4n) is 0.775. The molecule has 0 atom stereocenters. The van der Waals surface area contributed by atoms with Gasteiger partial charge in [0, 0.05) is 11.1 Å². The maximum atomic E-state index is 10.3. The van der Waals surface area contributed by atoms with E-state index in [-0.39, 0.29) is 22.1 Å². The lowest BCUT2D eigenvalue weighted by Gasteiger charge is -2.00. The van der Waals surface area contributed by atoms with E-state index >= 15 is 0 Å². The standard InChI is InChI=1S/C6H6ClN3O2/c7-3-1-4(8)6(9)5(2-3)10(11)12/h1-2H,8-9H2. The normalized spacial score (nSPS) is 9.75. The lowest BCUT2D eigenvalue weighted by molar-refractivity contribution is -0.383. The van der Waals surface area contributed by atoms with Crippen LogP contribution in [0.3, 0.4) is 0 Å². The van der Waals surface area contributed by atoms with Crippen LogP contribution in [-0.4, -0.2) is 4.92 Å². The number of nitrogen functional groups attached to an aromatic ring is 2. The predicted octanol–water partition coefficient (Wildman–Crippen LogP) is 1.41. The number of nitro benzene ring substituents is 1. The first-order valence-corrected chi connectivity index (χ1v) is 3.39. The Kier molecular flexibility index (Phi) is 2.05. The zero-order valence-electron chi connectivity index (χ0n) is 5.95. The Morgan fingerprint density at radius 2 is 2.00 bits per heavy atom. The van der Waals surface area contributed by atoms with Gasteiger partial charge in [0.05, 0.1) is 10.6 Å². The summed E-state index contributed by atoms with van der Waals surface area (Å²) in [5.74, 6) is 0. The van der Waals surface area contributed by atoms with Crippen LogP contribution >= 0.6 is 11.6 Å². The van der Waals surface area contributed by atoms with Gasteiger partial charge in [0.1, 0.15) is 5.69 Å². The number of hydrogen-bond donors (Lipinski definition) is 2. The number of nitrogens with zero attached hydrogens (tertiary/aromatic N) is 1.